The molecule has 0 N–H and O–H groups in total. The Morgan fingerprint density at radius 2 is 1.81 bits per heavy atom. The zero-order valence-corrected chi connectivity index (χ0v) is 18.7. The van der Waals surface area contributed by atoms with Crippen molar-refractivity contribution in [3.05, 3.63) is 66.2 Å². The van der Waals surface area contributed by atoms with Crippen molar-refractivity contribution in [2.45, 2.75) is 30.8 Å². The van der Waals surface area contributed by atoms with Crippen LogP contribution in [0, 0.1) is 0 Å². The molecule has 6 nitrogen and oxygen atoms in total. The van der Waals surface area contributed by atoms with E-state index in [0.717, 1.165) is 22.0 Å². The lowest BCUT2D eigenvalue weighted by atomic mass is 10.1. The summed E-state index contributed by atoms with van der Waals surface area (Å²) < 4.78 is 32.1. The summed E-state index contributed by atoms with van der Waals surface area (Å²) in [7, 11) is -0.494. The average molecular weight is 439 g/mol. The fraction of sp³-hybridized carbons (Fsp3) is 0.292. The van der Waals surface area contributed by atoms with E-state index >= 15 is 0 Å². The van der Waals surface area contributed by atoms with Crippen molar-refractivity contribution in [3.8, 4) is 5.75 Å². The van der Waals surface area contributed by atoms with Crippen LogP contribution in [0.1, 0.15) is 18.9 Å². The van der Waals surface area contributed by atoms with E-state index < -0.39 is 16.1 Å². The van der Waals surface area contributed by atoms with E-state index in [1.54, 1.807) is 23.1 Å². The maximum Gasteiger partial charge on any atom is 0.268 e. The minimum Gasteiger partial charge on any atom is -0.481 e. The topological polar surface area (TPSA) is 66.9 Å². The molecule has 0 aliphatic carbocycles. The van der Waals surface area contributed by atoms with E-state index in [1.807, 2.05) is 49.4 Å². The number of rotatable bonds is 6. The second-order valence-electron chi connectivity index (χ2n) is 7.84. The van der Waals surface area contributed by atoms with Crippen molar-refractivity contribution < 1.29 is 17.9 Å². The SMILES string of the molecule is CC[C@@H](Oc1ccc2ccccc2c1)C(=O)N1CCc2cc(S(=O)(=O)N(C)C)ccc21. The molecule has 162 valence electrons. The molecular weight excluding hydrogens is 412 g/mol. The molecule has 0 radical (unpaired) electrons. The van der Waals surface area contributed by atoms with Gasteiger partial charge in [0.25, 0.3) is 5.91 Å². The van der Waals surface area contributed by atoms with Gasteiger partial charge in [-0.3, -0.25) is 4.79 Å². The van der Waals surface area contributed by atoms with E-state index in [4.69, 9.17) is 4.74 Å². The van der Waals surface area contributed by atoms with Crippen LogP contribution >= 0.6 is 0 Å². The van der Waals surface area contributed by atoms with Crippen molar-refractivity contribution in [1.29, 1.82) is 0 Å². The van der Waals surface area contributed by atoms with Gasteiger partial charge >= 0.3 is 0 Å². The first kappa shape index (κ1) is 21.3. The van der Waals surface area contributed by atoms with Gasteiger partial charge in [0.05, 0.1) is 4.90 Å². The summed E-state index contributed by atoms with van der Waals surface area (Å²) in [4.78, 5) is 15.2. The number of amides is 1. The Labute approximate surface area is 183 Å². The van der Waals surface area contributed by atoms with Gasteiger partial charge in [0, 0.05) is 26.3 Å². The van der Waals surface area contributed by atoms with E-state index in [1.165, 1.54) is 18.4 Å². The van der Waals surface area contributed by atoms with Gasteiger partial charge in [-0.2, -0.15) is 0 Å². The number of hydrogen-bond acceptors (Lipinski definition) is 4. The van der Waals surface area contributed by atoms with Crippen LogP contribution in [0.2, 0.25) is 0 Å². The Hall–Kier alpha value is -2.90. The number of fused-ring (bicyclic) bond motifs is 2. The molecule has 0 saturated heterocycles. The fourth-order valence-electron chi connectivity index (χ4n) is 3.87. The van der Waals surface area contributed by atoms with E-state index in [-0.39, 0.29) is 10.8 Å². The molecule has 0 aromatic heterocycles. The average Bonchev–Trinajstić information content (AvgIpc) is 3.20. The van der Waals surface area contributed by atoms with Crippen LogP contribution in [-0.2, 0) is 21.2 Å². The highest BCUT2D eigenvalue weighted by atomic mass is 32.2. The minimum atomic E-state index is -3.51. The van der Waals surface area contributed by atoms with Gasteiger partial charge in [-0.15, -0.1) is 0 Å². The Kier molecular flexibility index (Phi) is 5.73. The highest BCUT2D eigenvalue weighted by molar-refractivity contribution is 7.89. The number of nitrogens with zero attached hydrogens (tertiary/aromatic N) is 2. The van der Waals surface area contributed by atoms with Crippen molar-refractivity contribution >= 4 is 32.4 Å². The third-order valence-electron chi connectivity index (χ3n) is 5.64. The first-order valence-electron chi connectivity index (χ1n) is 10.3. The van der Waals surface area contributed by atoms with Gasteiger partial charge in [0.2, 0.25) is 10.0 Å². The summed E-state index contributed by atoms with van der Waals surface area (Å²) in [5.41, 5.74) is 1.61. The van der Waals surface area contributed by atoms with Gasteiger partial charge in [-0.25, -0.2) is 12.7 Å². The minimum absolute atomic E-state index is 0.113. The molecule has 4 rings (SSSR count). The second kappa shape index (κ2) is 8.32. The molecule has 1 atom stereocenters. The fourth-order valence-corrected chi connectivity index (χ4v) is 4.82. The largest absolute Gasteiger partial charge is 0.481 e. The van der Waals surface area contributed by atoms with Crippen LogP contribution in [0.5, 0.6) is 5.75 Å². The summed E-state index contributed by atoms with van der Waals surface area (Å²) in [5.74, 6) is 0.545. The molecule has 1 heterocycles. The molecule has 0 unspecified atom stereocenters. The molecule has 3 aromatic rings. The molecule has 0 saturated carbocycles. The number of benzene rings is 3. The monoisotopic (exact) mass is 438 g/mol. The highest BCUT2D eigenvalue weighted by Crippen LogP contribution is 2.32. The molecule has 1 aliphatic heterocycles. The van der Waals surface area contributed by atoms with Crippen LogP contribution < -0.4 is 9.64 Å². The number of anilines is 1. The molecule has 31 heavy (non-hydrogen) atoms. The Bertz CT molecular complexity index is 1240. The zero-order valence-electron chi connectivity index (χ0n) is 17.9. The molecule has 0 fully saturated rings. The van der Waals surface area contributed by atoms with Crippen LogP contribution in [0.15, 0.2) is 65.6 Å². The lowest BCUT2D eigenvalue weighted by Gasteiger charge is -2.24. The number of carbonyl (C=O) groups excluding carboxylic acids is 1. The highest BCUT2D eigenvalue weighted by Gasteiger charge is 2.32. The standard InChI is InChI=1S/C24H26N2O4S/c1-4-23(30-20-10-9-17-7-5-6-8-18(17)15-20)24(27)26-14-13-19-16-21(11-12-22(19)26)31(28,29)25(2)3/h5-12,15-16,23H,4,13-14H2,1-3H3/t23-/m1/s1. The number of sulfonamides is 1. The maximum absolute atomic E-state index is 13.3. The molecular formula is C24H26N2O4S. The normalized spacial score (nSPS) is 14.6. The van der Waals surface area contributed by atoms with Gasteiger partial charge in [0.15, 0.2) is 6.10 Å². The number of carbonyl (C=O) groups is 1. The summed E-state index contributed by atoms with van der Waals surface area (Å²) in [6, 6.07) is 18.8. The van der Waals surface area contributed by atoms with Crippen molar-refractivity contribution in [2.75, 3.05) is 25.5 Å². The number of ether oxygens (including phenoxy) is 1. The van der Waals surface area contributed by atoms with Crippen LogP contribution in [-0.4, -0.2) is 45.4 Å². The Morgan fingerprint density at radius 3 is 2.52 bits per heavy atom. The van der Waals surface area contributed by atoms with Gasteiger partial charge in [-0.05, 0) is 59.5 Å². The first-order valence-corrected chi connectivity index (χ1v) is 11.8. The first-order chi connectivity index (χ1) is 14.8. The third kappa shape index (κ3) is 4.03. The summed E-state index contributed by atoms with van der Waals surface area (Å²) >= 11 is 0. The third-order valence-corrected chi connectivity index (χ3v) is 7.45. The smallest absolute Gasteiger partial charge is 0.268 e. The van der Waals surface area contributed by atoms with Crippen LogP contribution in [0.25, 0.3) is 10.8 Å². The maximum atomic E-state index is 13.3. The van der Waals surface area contributed by atoms with Crippen molar-refractivity contribution in [1.82, 2.24) is 4.31 Å². The van der Waals surface area contributed by atoms with E-state index in [2.05, 4.69) is 0 Å². The zero-order chi connectivity index (χ0) is 22.2. The summed E-state index contributed by atoms with van der Waals surface area (Å²) in [5, 5.41) is 2.18. The van der Waals surface area contributed by atoms with Gasteiger partial charge in [-0.1, -0.05) is 37.3 Å². The van der Waals surface area contributed by atoms with Crippen LogP contribution in [0.4, 0.5) is 5.69 Å². The van der Waals surface area contributed by atoms with Crippen molar-refractivity contribution in [3.63, 3.8) is 0 Å². The molecule has 0 bridgehead atoms. The summed E-state index contributed by atoms with van der Waals surface area (Å²) in [6.45, 7) is 2.44. The lowest BCUT2D eigenvalue weighted by Crippen LogP contribution is -2.41. The van der Waals surface area contributed by atoms with E-state index in [0.29, 0.717) is 25.1 Å². The second-order valence-corrected chi connectivity index (χ2v) is 9.99. The van der Waals surface area contributed by atoms with E-state index in [9.17, 15) is 13.2 Å². The summed E-state index contributed by atoms with van der Waals surface area (Å²) in [6.07, 6.45) is 0.534. The van der Waals surface area contributed by atoms with Gasteiger partial charge in [0.1, 0.15) is 5.75 Å². The predicted molar refractivity (Wildman–Crippen MR) is 122 cm³/mol. The Balaban J connectivity index is 1.56. The Morgan fingerprint density at radius 1 is 1.06 bits per heavy atom. The molecule has 1 amide bonds. The molecule has 1 aliphatic rings. The van der Waals surface area contributed by atoms with Gasteiger partial charge < -0.3 is 9.64 Å². The lowest BCUT2D eigenvalue weighted by molar-refractivity contribution is -0.125. The van der Waals surface area contributed by atoms with Crippen molar-refractivity contribution in [2.24, 2.45) is 0 Å². The number of hydrogen-bond donors (Lipinski definition) is 0. The molecule has 7 heteroatoms. The van der Waals surface area contributed by atoms with Crippen LogP contribution in [0.3, 0.4) is 0 Å². The molecule has 3 aromatic carbocycles. The quantitative estimate of drug-likeness (QED) is 0.587. The molecule has 0 spiro atoms. The predicted octanol–water partition coefficient (Wildman–Crippen LogP) is 3.84.